The van der Waals surface area contributed by atoms with Crippen LogP contribution < -0.4 is 10.2 Å². The number of amides is 1. The van der Waals surface area contributed by atoms with Gasteiger partial charge in [0.15, 0.2) is 6.61 Å². The fourth-order valence-corrected chi connectivity index (χ4v) is 2.43. The molecule has 7 heteroatoms. The Labute approximate surface area is 153 Å². The lowest BCUT2D eigenvalue weighted by Gasteiger charge is -2.14. The molecule has 0 unspecified atom stereocenters. The third-order valence-electron chi connectivity index (χ3n) is 3.51. The maximum Gasteiger partial charge on any atom is 0.314 e. The molecule has 1 atom stereocenters. The quantitative estimate of drug-likeness (QED) is 0.411. The van der Waals surface area contributed by atoms with E-state index in [0.717, 1.165) is 12.0 Å². The highest BCUT2D eigenvalue weighted by atomic mass is 35.5. The molecule has 25 heavy (non-hydrogen) atoms. The summed E-state index contributed by atoms with van der Waals surface area (Å²) in [6.45, 7) is 7.40. The molecule has 0 heterocycles. The number of hydrazone groups is 1. The zero-order chi connectivity index (χ0) is 18.8. The van der Waals surface area contributed by atoms with Crippen molar-refractivity contribution in [3.05, 3.63) is 28.8 Å². The average molecular weight is 369 g/mol. The van der Waals surface area contributed by atoms with Gasteiger partial charge in [-0.25, -0.2) is 5.43 Å². The molecule has 0 aromatic heterocycles. The average Bonchev–Trinajstić information content (AvgIpc) is 2.56. The van der Waals surface area contributed by atoms with Crippen LogP contribution in [0.5, 0.6) is 5.75 Å². The number of benzene rings is 1. The summed E-state index contributed by atoms with van der Waals surface area (Å²) in [6, 6.07) is 5.15. The standard InChI is InChI=1S/C18H25ClN2O4/c1-5-7-15(18(23)24-6-2)13(4)20-21-17(22)11-25-16-9-8-14(19)10-12(16)3/h8-10,15H,5-7,11H2,1-4H3,(H,21,22)/b20-13+/t15-/m0/s1. The molecular weight excluding hydrogens is 344 g/mol. The molecule has 0 aliphatic carbocycles. The van der Waals surface area contributed by atoms with Crippen LogP contribution in [0.4, 0.5) is 0 Å². The molecule has 1 amide bonds. The molecule has 0 radical (unpaired) electrons. The summed E-state index contributed by atoms with van der Waals surface area (Å²) in [5.41, 5.74) is 3.76. The van der Waals surface area contributed by atoms with Crippen LogP contribution in [0.1, 0.15) is 39.2 Å². The highest BCUT2D eigenvalue weighted by molar-refractivity contribution is 6.30. The van der Waals surface area contributed by atoms with Gasteiger partial charge in [0.05, 0.1) is 12.5 Å². The zero-order valence-electron chi connectivity index (χ0n) is 15.1. The van der Waals surface area contributed by atoms with Gasteiger partial charge in [-0.05, 0) is 51.0 Å². The van der Waals surface area contributed by atoms with Gasteiger partial charge in [-0.3, -0.25) is 9.59 Å². The van der Waals surface area contributed by atoms with Crippen molar-refractivity contribution in [2.24, 2.45) is 11.0 Å². The molecule has 0 aliphatic rings. The SMILES string of the molecule is CCC[C@H](C(=O)OCC)/C(C)=N/NC(=O)COc1ccc(Cl)cc1C. The summed E-state index contributed by atoms with van der Waals surface area (Å²) in [7, 11) is 0. The summed E-state index contributed by atoms with van der Waals surface area (Å²) in [5, 5.41) is 4.62. The van der Waals surface area contributed by atoms with E-state index in [-0.39, 0.29) is 12.6 Å². The minimum atomic E-state index is -0.454. The second-order valence-electron chi connectivity index (χ2n) is 5.58. The monoisotopic (exact) mass is 368 g/mol. The summed E-state index contributed by atoms with van der Waals surface area (Å²) in [5.74, 6) is -0.610. The van der Waals surface area contributed by atoms with E-state index in [1.807, 2.05) is 13.8 Å². The van der Waals surface area contributed by atoms with E-state index in [9.17, 15) is 9.59 Å². The van der Waals surface area contributed by atoms with Gasteiger partial charge < -0.3 is 9.47 Å². The van der Waals surface area contributed by atoms with Crippen LogP contribution in [-0.2, 0) is 14.3 Å². The normalized spacial score (nSPS) is 12.4. The van der Waals surface area contributed by atoms with Gasteiger partial charge in [0.25, 0.3) is 5.91 Å². The third kappa shape index (κ3) is 7.13. The zero-order valence-corrected chi connectivity index (χ0v) is 15.9. The number of halogens is 1. The van der Waals surface area contributed by atoms with Crippen molar-refractivity contribution in [2.45, 2.75) is 40.5 Å². The van der Waals surface area contributed by atoms with Crippen LogP contribution in [0, 0.1) is 12.8 Å². The summed E-state index contributed by atoms with van der Waals surface area (Å²) < 4.78 is 10.5. The van der Waals surface area contributed by atoms with Crippen LogP contribution in [0.15, 0.2) is 23.3 Å². The fraction of sp³-hybridized carbons (Fsp3) is 0.500. The summed E-state index contributed by atoms with van der Waals surface area (Å²) in [4.78, 5) is 23.8. The first-order chi connectivity index (χ1) is 11.9. The van der Waals surface area contributed by atoms with Gasteiger partial charge in [-0.1, -0.05) is 24.9 Å². The molecule has 0 spiro atoms. The Morgan fingerprint density at radius 1 is 1.32 bits per heavy atom. The van der Waals surface area contributed by atoms with Crippen molar-refractivity contribution >= 4 is 29.2 Å². The molecule has 0 saturated heterocycles. The largest absolute Gasteiger partial charge is 0.483 e. The molecule has 1 aromatic carbocycles. The predicted octanol–water partition coefficient (Wildman–Crippen LogP) is 3.50. The van der Waals surface area contributed by atoms with Crippen molar-refractivity contribution in [3.8, 4) is 5.75 Å². The number of hydrogen-bond donors (Lipinski definition) is 1. The van der Waals surface area contributed by atoms with Gasteiger partial charge in [0.1, 0.15) is 5.75 Å². The van der Waals surface area contributed by atoms with Crippen LogP contribution in [-0.4, -0.2) is 30.8 Å². The van der Waals surface area contributed by atoms with Crippen molar-refractivity contribution in [2.75, 3.05) is 13.2 Å². The lowest BCUT2D eigenvalue weighted by Crippen LogP contribution is -2.30. The van der Waals surface area contributed by atoms with Crippen molar-refractivity contribution in [1.82, 2.24) is 5.43 Å². The van der Waals surface area contributed by atoms with Crippen LogP contribution in [0.25, 0.3) is 0 Å². The van der Waals surface area contributed by atoms with E-state index in [0.29, 0.717) is 29.5 Å². The molecule has 0 saturated carbocycles. The first-order valence-electron chi connectivity index (χ1n) is 8.27. The van der Waals surface area contributed by atoms with E-state index < -0.39 is 11.8 Å². The summed E-state index contributed by atoms with van der Waals surface area (Å²) >= 11 is 5.88. The van der Waals surface area contributed by atoms with Gasteiger partial charge in [-0.2, -0.15) is 5.10 Å². The fourth-order valence-electron chi connectivity index (χ4n) is 2.21. The maximum absolute atomic E-state index is 11.9. The topological polar surface area (TPSA) is 77.0 Å². The predicted molar refractivity (Wildman–Crippen MR) is 98.0 cm³/mol. The second kappa shape index (κ2) is 10.7. The van der Waals surface area contributed by atoms with Crippen molar-refractivity contribution in [3.63, 3.8) is 0 Å². The maximum atomic E-state index is 11.9. The molecular formula is C18H25ClN2O4. The van der Waals surface area contributed by atoms with Gasteiger partial charge in [0, 0.05) is 10.7 Å². The lowest BCUT2D eigenvalue weighted by molar-refractivity contribution is -0.145. The Morgan fingerprint density at radius 3 is 2.64 bits per heavy atom. The second-order valence-corrected chi connectivity index (χ2v) is 6.02. The van der Waals surface area contributed by atoms with Crippen LogP contribution in [0.2, 0.25) is 5.02 Å². The number of esters is 1. The van der Waals surface area contributed by atoms with E-state index in [1.165, 1.54) is 0 Å². The van der Waals surface area contributed by atoms with Gasteiger partial charge >= 0.3 is 5.97 Å². The molecule has 138 valence electrons. The Hall–Kier alpha value is -2.08. The van der Waals surface area contributed by atoms with Crippen molar-refractivity contribution < 1.29 is 19.1 Å². The molecule has 1 rings (SSSR count). The number of hydrogen-bond acceptors (Lipinski definition) is 5. The molecule has 6 nitrogen and oxygen atoms in total. The number of nitrogens with zero attached hydrogens (tertiary/aromatic N) is 1. The van der Waals surface area contributed by atoms with E-state index in [1.54, 1.807) is 32.0 Å². The van der Waals surface area contributed by atoms with E-state index in [4.69, 9.17) is 21.1 Å². The minimum Gasteiger partial charge on any atom is -0.483 e. The smallest absolute Gasteiger partial charge is 0.314 e. The van der Waals surface area contributed by atoms with Gasteiger partial charge in [0.2, 0.25) is 0 Å². The lowest BCUT2D eigenvalue weighted by atomic mass is 9.99. The Balaban J connectivity index is 2.59. The van der Waals surface area contributed by atoms with E-state index >= 15 is 0 Å². The van der Waals surface area contributed by atoms with Gasteiger partial charge in [-0.15, -0.1) is 0 Å². The number of nitrogens with one attached hydrogen (secondary N) is 1. The molecule has 1 aromatic rings. The molecule has 0 bridgehead atoms. The molecule has 0 fully saturated rings. The number of carbonyl (C=O) groups is 2. The number of rotatable bonds is 9. The highest BCUT2D eigenvalue weighted by Gasteiger charge is 2.22. The number of ether oxygens (including phenoxy) is 2. The van der Waals surface area contributed by atoms with Crippen LogP contribution in [0.3, 0.4) is 0 Å². The Kier molecular flexibility index (Phi) is 8.99. The number of carbonyl (C=O) groups excluding carboxylic acids is 2. The Morgan fingerprint density at radius 2 is 2.04 bits per heavy atom. The van der Waals surface area contributed by atoms with E-state index in [2.05, 4.69) is 10.5 Å². The van der Waals surface area contributed by atoms with Crippen LogP contribution >= 0.6 is 11.6 Å². The Bertz CT molecular complexity index is 632. The first kappa shape index (κ1) is 21.0. The van der Waals surface area contributed by atoms with Crippen molar-refractivity contribution in [1.29, 1.82) is 0 Å². The minimum absolute atomic E-state index is 0.183. The first-order valence-corrected chi connectivity index (χ1v) is 8.65. The number of aryl methyl sites for hydroxylation is 1. The third-order valence-corrected chi connectivity index (χ3v) is 3.74. The summed E-state index contributed by atoms with van der Waals surface area (Å²) in [6.07, 6.45) is 1.42. The molecule has 0 aliphatic heterocycles. The highest BCUT2D eigenvalue weighted by Crippen LogP contribution is 2.21. The molecule has 1 N–H and O–H groups in total.